The first-order valence-electron chi connectivity index (χ1n) is 10.3. The fourth-order valence-electron chi connectivity index (χ4n) is 3.88. The van der Waals surface area contributed by atoms with Crippen LogP contribution in [0.25, 0.3) is 0 Å². The Morgan fingerprint density at radius 3 is 2.66 bits per heavy atom. The van der Waals surface area contributed by atoms with Gasteiger partial charge in [-0.1, -0.05) is 36.4 Å². The summed E-state index contributed by atoms with van der Waals surface area (Å²) in [6.45, 7) is 6.59. The van der Waals surface area contributed by atoms with Crippen LogP contribution in [0.2, 0.25) is 0 Å². The van der Waals surface area contributed by atoms with Crippen LogP contribution in [-0.2, 0) is 19.5 Å². The Morgan fingerprint density at radius 2 is 1.90 bits per heavy atom. The lowest BCUT2D eigenvalue weighted by molar-refractivity contribution is 0.0951. The SMILES string of the molecule is Cc1nccn1Cc1ccc(C(=O)NCCCN2CCc3ccccc3C2)cc1. The number of carbonyl (C=O) groups is 1. The number of imidazole rings is 1. The summed E-state index contributed by atoms with van der Waals surface area (Å²) in [5.41, 5.74) is 4.79. The molecule has 4 rings (SSSR count). The van der Waals surface area contributed by atoms with Crippen LogP contribution in [0, 0.1) is 6.92 Å². The molecule has 29 heavy (non-hydrogen) atoms. The summed E-state index contributed by atoms with van der Waals surface area (Å²) in [5.74, 6) is 0.989. The summed E-state index contributed by atoms with van der Waals surface area (Å²) in [5, 5.41) is 3.05. The Morgan fingerprint density at radius 1 is 1.10 bits per heavy atom. The van der Waals surface area contributed by atoms with Gasteiger partial charge in [0, 0.05) is 50.7 Å². The molecule has 0 saturated carbocycles. The van der Waals surface area contributed by atoms with Gasteiger partial charge in [0.05, 0.1) is 0 Å². The van der Waals surface area contributed by atoms with E-state index in [1.54, 1.807) is 6.20 Å². The molecule has 1 N–H and O–H groups in total. The monoisotopic (exact) mass is 388 g/mol. The second-order valence-corrected chi connectivity index (χ2v) is 7.70. The summed E-state index contributed by atoms with van der Waals surface area (Å²) in [4.78, 5) is 19.1. The fourth-order valence-corrected chi connectivity index (χ4v) is 3.88. The van der Waals surface area contributed by atoms with Crippen molar-refractivity contribution in [2.24, 2.45) is 0 Å². The standard InChI is InChI=1S/C24H28N4O/c1-19-25-13-16-28(19)17-20-7-9-22(10-8-20)24(29)26-12-4-14-27-15-11-21-5-2-3-6-23(21)18-27/h2-3,5-10,13,16H,4,11-12,14-15,17-18H2,1H3,(H,26,29). The topological polar surface area (TPSA) is 50.2 Å². The van der Waals surface area contributed by atoms with Gasteiger partial charge in [-0.15, -0.1) is 0 Å². The van der Waals surface area contributed by atoms with E-state index in [4.69, 9.17) is 0 Å². The van der Waals surface area contributed by atoms with Gasteiger partial charge < -0.3 is 9.88 Å². The number of fused-ring (bicyclic) bond motifs is 1. The van der Waals surface area contributed by atoms with Gasteiger partial charge in [0.25, 0.3) is 5.91 Å². The zero-order valence-electron chi connectivity index (χ0n) is 17.0. The van der Waals surface area contributed by atoms with Gasteiger partial charge in [-0.3, -0.25) is 9.69 Å². The van der Waals surface area contributed by atoms with Gasteiger partial charge in [0.15, 0.2) is 0 Å². The average Bonchev–Trinajstić information content (AvgIpc) is 3.16. The molecule has 1 amide bonds. The minimum absolute atomic E-state index is 0.000601. The van der Waals surface area contributed by atoms with E-state index >= 15 is 0 Å². The first-order chi connectivity index (χ1) is 14.2. The van der Waals surface area contributed by atoms with Crippen molar-refractivity contribution in [1.82, 2.24) is 19.8 Å². The summed E-state index contributed by atoms with van der Waals surface area (Å²) in [6.07, 6.45) is 5.86. The Bertz CT molecular complexity index is 961. The molecular weight excluding hydrogens is 360 g/mol. The Hall–Kier alpha value is -2.92. The van der Waals surface area contributed by atoms with Crippen molar-refractivity contribution in [2.75, 3.05) is 19.6 Å². The van der Waals surface area contributed by atoms with Gasteiger partial charge in [-0.2, -0.15) is 0 Å². The number of aromatic nitrogens is 2. The molecule has 0 unspecified atom stereocenters. The van der Waals surface area contributed by atoms with Gasteiger partial charge >= 0.3 is 0 Å². The highest BCUT2D eigenvalue weighted by atomic mass is 16.1. The maximum Gasteiger partial charge on any atom is 0.251 e. The maximum absolute atomic E-state index is 12.4. The van der Waals surface area contributed by atoms with Gasteiger partial charge in [-0.05, 0) is 48.6 Å². The predicted molar refractivity (Wildman–Crippen MR) is 115 cm³/mol. The number of aryl methyl sites for hydroxylation is 1. The molecule has 2 aromatic carbocycles. The number of rotatable bonds is 7. The number of nitrogens with one attached hydrogen (secondary N) is 1. The molecule has 0 radical (unpaired) electrons. The quantitative estimate of drug-likeness (QED) is 0.631. The van der Waals surface area contributed by atoms with E-state index in [2.05, 4.69) is 44.0 Å². The summed E-state index contributed by atoms with van der Waals surface area (Å²) in [7, 11) is 0. The molecule has 1 aliphatic rings. The Labute approximate surface area is 172 Å². The molecule has 0 saturated heterocycles. The van der Waals surface area contributed by atoms with Crippen molar-refractivity contribution >= 4 is 5.91 Å². The predicted octanol–water partition coefficient (Wildman–Crippen LogP) is 3.42. The van der Waals surface area contributed by atoms with E-state index in [9.17, 15) is 4.79 Å². The molecule has 0 aliphatic carbocycles. The first kappa shape index (κ1) is 19.4. The van der Waals surface area contributed by atoms with Gasteiger partial charge in [0.1, 0.15) is 5.82 Å². The molecule has 150 valence electrons. The van der Waals surface area contributed by atoms with Crippen molar-refractivity contribution in [3.8, 4) is 0 Å². The van der Waals surface area contributed by atoms with Crippen LogP contribution in [-0.4, -0.2) is 40.0 Å². The van der Waals surface area contributed by atoms with E-state index < -0.39 is 0 Å². The summed E-state index contributed by atoms with van der Waals surface area (Å²) in [6, 6.07) is 16.5. The van der Waals surface area contributed by atoms with E-state index in [0.717, 1.165) is 50.4 Å². The second-order valence-electron chi connectivity index (χ2n) is 7.70. The van der Waals surface area contributed by atoms with Crippen molar-refractivity contribution in [3.63, 3.8) is 0 Å². The van der Waals surface area contributed by atoms with Crippen molar-refractivity contribution < 1.29 is 4.79 Å². The number of nitrogens with zero attached hydrogens (tertiary/aromatic N) is 3. The van der Waals surface area contributed by atoms with E-state index in [-0.39, 0.29) is 5.91 Å². The number of benzene rings is 2. The molecule has 1 aromatic heterocycles. The number of carbonyl (C=O) groups excluding carboxylic acids is 1. The molecular formula is C24H28N4O. The van der Waals surface area contributed by atoms with E-state index in [1.807, 2.05) is 37.4 Å². The zero-order valence-corrected chi connectivity index (χ0v) is 17.0. The summed E-state index contributed by atoms with van der Waals surface area (Å²) < 4.78 is 2.09. The van der Waals surface area contributed by atoms with Gasteiger partial charge in [-0.25, -0.2) is 4.98 Å². The van der Waals surface area contributed by atoms with Crippen LogP contribution in [0.1, 0.15) is 39.3 Å². The zero-order chi connectivity index (χ0) is 20.1. The van der Waals surface area contributed by atoms with E-state index in [1.165, 1.54) is 11.1 Å². The molecule has 0 spiro atoms. The van der Waals surface area contributed by atoms with Crippen LogP contribution < -0.4 is 5.32 Å². The molecule has 0 fully saturated rings. The molecule has 3 aromatic rings. The van der Waals surface area contributed by atoms with Crippen LogP contribution in [0.5, 0.6) is 0 Å². The van der Waals surface area contributed by atoms with Crippen LogP contribution in [0.3, 0.4) is 0 Å². The highest BCUT2D eigenvalue weighted by Crippen LogP contribution is 2.18. The van der Waals surface area contributed by atoms with Crippen LogP contribution in [0.4, 0.5) is 0 Å². The molecule has 0 atom stereocenters. The Balaban J connectivity index is 1.20. The smallest absolute Gasteiger partial charge is 0.251 e. The van der Waals surface area contributed by atoms with Crippen LogP contribution >= 0.6 is 0 Å². The normalized spacial score (nSPS) is 13.8. The van der Waals surface area contributed by atoms with Gasteiger partial charge in [0.2, 0.25) is 0 Å². The maximum atomic E-state index is 12.4. The summed E-state index contributed by atoms with van der Waals surface area (Å²) >= 11 is 0. The molecule has 2 heterocycles. The number of amides is 1. The lowest BCUT2D eigenvalue weighted by Crippen LogP contribution is -2.33. The molecule has 0 bridgehead atoms. The minimum Gasteiger partial charge on any atom is -0.352 e. The van der Waals surface area contributed by atoms with Crippen molar-refractivity contribution in [1.29, 1.82) is 0 Å². The van der Waals surface area contributed by atoms with E-state index in [0.29, 0.717) is 12.1 Å². The van der Waals surface area contributed by atoms with Crippen molar-refractivity contribution in [3.05, 3.63) is 89.0 Å². The van der Waals surface area contributed by atoms with Crippen molar-refractivity contribution in [2.45, 2.75) is 32.9 Å². The molecule has 5 nitrogen and oxygen atoms in total. The molecule has 1 aliphatic heterocycles. The first-order valence-corrected chi connectivity index (χ1v) is 10.3. The average molecular weight is 389 g/mol. The largest absolute Gasteiger partial charge is 0.352 e. The third-order valence-electron chi connectivity index (χ3n) is 5.64. The van der Waals surface area contributed by atoms with Crippen LogP contribution in [0.15, 0.2) is 60.9 Å². The second kappa shape index (κ2) is 9.05. The lowest BCUT2D eigenvalue weighted by atomic mass is 10.00. The minimum atomic E-state index is -0.000601. The number of hydrogen-bond donors (Lipinski definition) is 1. The number of hydrogen-bond acceptors (Lipinski definition) is 3. The highest BCUT2D eigenvalue weighted by molar-refractivity contribution is 5.94. The molecule has 5 heteroatoms. The highest BCUT2D eigenvalue weighted by Gasteiger charge is 2.15. The third kappa shape index (κ3) is 4.93. The Kier molecular flexibility index (Phi) is 6.06. The lowest BCUT2D eigenvalue weighted by Gasteiger charge is -2.28. The fraction of sp³-hybridized carbons (Fsp3) is 0.333. The third-order valence-corrected chi connectivity index (χ3v) is 5.64.